The van der Waals surface area contributed by atoms with Crippen LogP contribution in [0.2, 0.25) is 0 Å². The molecule has 0 aliphatic heterocycles. The summed E-state index contributed by atoms with van der Waals surface area (Å²) in [6.07, 6.45) is 0. The molecule has 0 fully saturated rings. The highest BCUT2D eigenvalue weighted by molar-refractivity contribution is 6.13. The van der Waals surface area contributed by atoms with Crippen molar-refractivity contribution in [1.29, 1.82) is 0 Å². The number of furan rings is 1. The van der Waals surface area contributed by atoms with Crippen molar-refractivity contribution >= 4 is 21.9 Å². The molecule has 1 heteroatoms. The fourth-order valence-electron chi connectivity index (χ4n) is 4.54. The van der Waals surface area contributed by atoms with Gasteiger partial charge in [0.05, 0.1) is 0 Å². The first kappa shape index (κ1) is 17.7. The second kappa shape index (κ2) is 7.30. The van der Waals surface area contributed by atoms with Gasteiger partial charge in [-0.2, -0.15) is 0 Å². The molecule has 0 saturated carbocycles. The van der Waals surface area contributed by atoms with Gasteiger partial charge in [0.1, 0.15) is 11.2 Å². The normalized spacial score (nSPS) is 11.2. The Morgan fingerprint density at radius 2 is 0.871 bits per heavy atom. The van der Waals surface area contributed by atoms with Gasteiger partial charge in [-0.05, 0) is 45.5 Å². The fourth-order valence-corrected chi connectivity index (χ4v) is 4.54. The smallest absolute Gasteiger partial charge is 0.136 e. The predicted molar refractivity (Wildman–Crippen MR) is 130 cm³/mol. The molecule has 0 saturated heterocycles. The largest absolute Gasteiger partial charge is 0.456 e. The quantitative estimate of drug-likeness (QED) is 0.292. The van der Waals surface area contributed by atoms with Crippen LogP contribution < -0.4 is 0 Å². The molecule has 0 unspecified atom stereocenters. The fraction of sp³-hybridized carbons (Fsp3) is 0. The molecule has 31 heavy (non-hydrogen) atoms. The molecule has 0 spiro atoms. The Labute approximate surface area is 181 Å². The minimum Gasteiger partial charge on any atom is -0.456 e. The van der Waals surface area contributed by atoms with Gasteiger partial charge in [-0.3, -0.25) is 0 Å². The molecule has 0 N–H and O–H groups in total. The Morgan fingerprint density at radius 3 is 1.65 bits per heavy atom. The van der Waals surface area contributed by atoms with Crippen LogP contribution in [0.5, 0.6) is 0 Å². The topological polar surface area (TPSA) is 13.1 Å². The van der Waals surface area contributed by atoms with Crippen molar-refractivity contribution in [2.45, 2.75) is 0 Å². The van der Waals surface area contributed by atoms with E-state index in [0.29, 0.717) is 0 Å². The van der Waals surface area contributed by atoms with Crippen LogP contribution in [0, 0.1) is 0 Å². The van der Waals surface area contributed by atoms with E-state index in [-0.39, 0.29) is 0 Å². The second-order valence-electron chi connectivity index (χ2n) is 7.73. The van der Waals surface area contributed by atoms with Crippen molar-refractivity contribution in [3.63, 3.8) is 0 Å². The summed E-state index contributed by atoms with van der Waals surface area (Å²) in [6.45, 7) is 0. The molecule has 0 atom stereocenters. The summed E-state index contributed by atoms with van der Waals surface area (Å²) in [5, 5.41) is 2.32. The lowest BCUT2D eigenvalue weighted by Crippen LogP contribution is -1.89. The number of para-hydroxylation sites is 1. The monoisotopic (exact) mass is 396 g/mol. The van der Waals surface area contributed by atoms with Crippen molar-refractivity contribution in [2.75, 3.05) is 0 Å². The molecule has 146 valence electrons. The van der Waals surface area contributed by atoms with Crippen LogP contribution in [0.25, 0.3) is 55.3 Å². The zero-order chi connectivity index (χ0) is 20.6. The molecule has 5 aromatic carbocycles. The van der Waals surface area contributed by atoms with Gasteiger partial charge in [-0.25, -0.2) is 0 Å². The van der Waals surface area contributed by atoms with Gasteiger partial charge in [-0.15, -0.1) is 0 Å². The summed E-state index contributed by atoms with van der Waals surface area (Å²) < 4.78 is 6.15. The van der Waals surface area contributed by atoms with Gasteiger partial charge in [0, 0.05) is 10.8 Å². The second-order valence-corrected chi connectivity index (χ2v) is 7.73. The molecular formula is C30H20O. The molecule has 0 bridgehead atoms. The minimum absolute atomic E-state index is 0.921. The molecule has 0 radical (unpaired) electrons. The van der Waals surface area contributed by atoms with E-state index < -0.39 is 0 Å². The Kier molecular flexibility index (Phi) is 4.18. The summed E-state index contributed by atoms with van der Waals surface area (Å²) in [7, 11) is 0. The van der Waals surface area contributed by atoms with Crippen molar-refractivity contribution in [3.8, 4) is 33.4 Å². The molecule has 1 aromatic heterocycles. The maximum atomic E-state index is 6.15. The lowest BCUT2D eigenvalue weighted by Gasteiger charge is -2.15. The van der Waals surface area contributed by atoms with Crippen molar-refractivity contribution in [2.24, 2.45) is 0 Å². The highest BCUT2D eigenvalue weighted by Crippen LogP contribution is 2.42. The maximum absolute atomic E-state index is 6.15. The Bertz CT molecular complexity index is 1520. The summed E-state index contributed by atoms with van der Waals surface area (Å²) in [4.78, 5) is 0. The van der Waals surface area contributed by atoms with Crippen molar-refractivity contribution in [1.82, 2.24) is 0 Å². The average Bonchev–Trinajstić information content (AvgIpc) is 3.23. The van der Waals surface area contributed by atoms with Gasteiger partial charge in [0.25, 0.3) is 0 Å². The minimum atomic E-state index is 0.921. The van der Waals surface area contributed by atoms with Crippen LogP contribution in [-0.2, 0) is 0 Å². The SMILES string of the molecule is c1ccc(-c2ccccc2-c2ccccc2-c2cccc3oc4ccccc4c23)cc1. The van der Waals surface area contributed by atoms with E-state index in [1.54, 1.807) is 0 Å². The van der Waals surface area contributed by atoms with E-state index >= 15 is 0 Å². The standard InChI is InChI=1S/C30H20O/c1-2-11-21(12-3-1)22-13-4-5-14-23(22)24-15-6-7-16-25(24)26-18-10-20-29-30(26)27-17-8-9-19-28(27)31-29/h1-20H. The zero-order valence-electron chi connectivity index (χ0n) is 17.0. The molecule has 1 nitrogen and oxygen atoms in total. The number of fused-ring (bicyclic) bond motifs is 3. The third-order valence-corrected chi connectivity index (χ3v) is 5.92. The summed E-state index contributed by atoms with van der Waals surface area (Å²) >= 11 is 0. The Balaban J connectivity index is 1.65. The first-order valence-electron chi connectivity index (χ1n) is 10.5. The maximum Gasteiger partial charge on any atom is 0.136 e. The molecule has 6 aromatic rings. The van der Waals surface area contributed by atoms with Crippen molar-refractivity contribution in [3.05, 3.63) is 121 Å². The third-order valence-electron chi connectivity index (χ3n) is 5.92. The van der Waals surface area contributed by atoms with Gasteiger partial charge in [-0.1, -0.05) is 109 Å². The predicted octanol–water partition coefficient (Wildman–Crippen LogP) is 8.59. The van der Waals surface area contributed by atoms with Gasteiger partial charge in [0.2, 0.25) is 0 Å². The van der Waals surface area contributed by atoms with Crippen LogP contribution in [0.15, 0.2) is 126 Å². The number of benzene rings is 5. The van der Waals surface area contributed by atoms with E-state index in [0.717, 1.165) is 16.6 Å². The van der Waals surface area contributed by atoms with Gasteiger partial charge >= 0.3 is 0 Å². The average molecular weight is 396 g/mol. The lowest BCUT2D eigenvalue weighted by molar-refractivity contribution is 0.669. The van der Waals surface area contributed by atoms with Crippen LogP contribution in [0.1, 0.15) is 0 Å². The van der Waals surface area contributed by atoms with E-state index in [1.807, 2.05) is 12.1 Å². The van der Waals surface area contributed by atoms with E-state index in [9.17, 15) is 0 Å². The summed E-state index contributed by atoms with van der Waals surface area (Å²) in [5.41, 5.74) is 9.16. The van der Waals surface area contributed by atoms with Crippen molar-refractivity contribution < 1.29 is 4.42 Å². The first-order chi connectivity index (χ1) is 15.4. The highest BCUT2D eigenvalue weighted by atomic mass is 16.3. The van der Waals surface area contributed by atoms with E-state index in [4.69, 9.17) is 4.42 Å². The third kappa shape index (κ3) is 2.94. The molecule has 0 aliphatic rings. The number of hydrogen-bond donors (Lipinski definition) is 0. The van der Waals surface area contributed by atoms with Crippen LogP contribution in [-0.4, -0.2) is 0 Å². The molecule has 1 heterocycles. The summed E-state index contributed by atoms with van der Waals surface area (Å²) in [6, 6.07) is 42.5. The zero-order valence-corrected chi connectivity index (χ0v) is 17.0. The Morgan fingerprint density at radius 1 is 0.355 bits per heavy atom. The van der Waals surface area contributed by atoms with Crippen LogP contribution in [0.4, 0.5) is 0 Å². The lowest BCUT2D eigenvalue weighted by atomic mass is 9.88. The number of rotatable bonds is 3. The van der Waals surface area contributed by atoms with E-state index in [2.05, 4.69) is 109 Å². The van der Waals surface area contributed by atoms with Gasteiger partial charge < -0.3 is 4.42 Å². The first-order valence-corrected chi connectivity index (χ1v) is 10.5. The molecule has 6 rings (SSSR count). The molecular weight excluding hydrogens is 376 g/mol. The van der Waals surface area contributed by atoms with Gasteiger partial charge in [0.15, 0.2) is 0 Å². The highest BCUT2D eigenvalue weighted by Gasteiger charge is 2.16. The number of hydrogen-bond acceptors (Lipinski definition) is 1. The Hall–Kier alpha value is -4.10. The van der Waals surface area contributed by atoms with E-state index in [1.165, 1.54) is 38.8 Å². The molecule has 0 amide bonds. The van der Waals surface area contributed by atoms with Crippen LogP contribution >= 0.6 is 0 Å². The van der Waals surface area contributed by atoms with Crippen LogP contribution in [0.3, 0.4) is 0 Å². The summed E-state index contributed by atoms with van der Waals surface area (Å²) in [5.74, 6) is 0. The molecule has 0 aliphatic carbocycles.